The number of fused-ring (bicyclic) bond motifs is 1. The molecule has 7 heteroatoms. The number of nitrogens with zero attached hydrogens (tertiary/aromatic N) is 1. The molecule has 1 unspecified atom stereocenters. The Labute approximate surface area is 167 Å². The second-order valence-corrected chi connectivity index (χ2v) is 7.38. The van der Waals surface area contributed by atoms with Gasteiger partial charge in [-0.2, -0.15) is 0 Å². The zero-order chi connectivity index (χ0) is 20.1. The number of rotatable bonds is 8. The number of aliphatic hydroxyl groups excluding tert-OH is 1. The van der Waals surface area contributed by atoms with Gasteiger partial charge in [0.25, 0.3) is 11.8 Å². The van der Waals surface area contributed by atoms with Crippen LogP contribution in [0.2, 0.25) is 0 Å². The molecule has 0 aromatic heterocycles. The quantitative estimate of drug-likeness (QED) is 0.527. The van der Waals surface area contributed by atoms with E-state index in [0.29, 0.717) is 17.5 Å². The number of carbonyl (C=O) groups excluding carboxylic acids is 3. The van der Waals surface area contributed by atoms with E-state index in [1.807, 2.05) is 30.5 Å². The normalized spacial score (nSPS) is 14.1. The van der Waals surface area contributed by atoms with E-state index in [4.69, 9.17) is 0 Å². The maximum atomic E-state index is 12.3. The second-order valence-electron chi connectivity index (χ2n) is 6.50. The van der Waals surface area contributed by atoms with E-state index in [9.17, 15) is 19.5 Å². The van der Waals surface area contributed by atoms with Gasteiger partial charge in [0.05, 0.1) is 17.2 Å². The molecule has 3 rings (SSSR count). The number of amides is 3. The Kier molecular flexibility index (Phi) is 6.49. The number of aliphatic hydroxyl groups is 1. The fraction of sp³-hybridized carbons (Fsp3) is 0.286. The van der Waals surface area contributed by atoms with Crippen molar-refractivity contribution in [3.63, 3.8) is 0 Å². The van der Waals surface area contributed by atoms with Crippen molar-refractivity contribution in [2.75, 3.05) is 19.3 Å². The number of thioether (sulfide) groups is 1. The fourth-order valence-corrected chi connectivity index (χ4v) is 3.49. The first-order chi connectivity index (χ1) is 13.5. The lowest BCUT2D eigenvalue weighted by Gasteiger charge is -2.15. The Morgan fingerprint density at radius 3 is 2.25 bits per heavy atom. The molecule has 1 heterocycles. The third-order valence-electron chi connectivity index (χ3n) is 4.66. The van der Waals surface area contributed by atoms with Crippen LogP contribution in [0.15, 0.2) is 53.4 Å². The van der Waals surface area contributed by atoms with Gasteiger partial charge in [0, 0.05) is 24.4 Å². The molecule has 2 N–H and O–H groups in total. The Balaban J connectivity index is 1.42. The van der Waals surface area contributed by atoms with Crippen LogP contribution in [0.4, 0.5) is 0 Å². The van der Waals surface area contributed by atoms with E-state index in [1.165, 1.54) is 4.90 Å². The van der Waals surface area contributed by atoms with Gasteiger partial charge in [-0.25, -0.2) is 0 Å². The third kappa shape index (κ3) is 4.43. The van der Waals surface area contributed by atoms with E-state index < -0.39 is 6.10 Å². The molecule has 2 aromatic carbocycles. The van der Waals surface area contributed by atoms with Crippen LogP contribution in [-0.4, -0.2) is 47.1 Å². The lowest BCUT2D eigenvalue weighted by molar-refractivity contribution is -0.121. The Bertz CT molecular complexity index is 847. The minimum Gasteiger partial charge on any atom is -0.387 e. The van der Waals surface area contributed by atoms with Crippen LogP contribution in [0.25, 0.3) is 0 Å². The molecule has 0 radical (unpaired) electrons. The van der Waals surface area contributed by atoms with Gasteiger partial charge in [-0.3, -0.25) is 19.3 Å². The average Bonchev–Trinajstić information content (AvgIpc) is 2.97. The van der Waals surface area contributed by atoms with Gasteiger partial charge < -0.3 is 10.4 Å². The largest absolute Gasteiger partial charge is 0.387 e. The van der Waals surface area contributed by atoms with Gasteiger partial charge in [-0.15, -0.1) is 11.8 Å². The Morgan fingerprint density at radius 1 is 1.07 bits per heavy atom. The standard InChI is InChI=1S/C21H22N2O4S/c1-28-15-10-8-14(9-11-15)18(24)13-22-19(25)7-4-12-23-20(26)16-5-2-3-6-17(16)21(23)27/h2-3,5-6,8-11,18,24H,4,7,12-13H2,1H3,(H,22,25). The third-order valence-corrected chi connectivity index (χ3v) is 5.40. The molecule has 3 amide bonds. The molecule has 28 heavy (non-hydrogen) atoms. The fourth-order valence-electron chi connectivity index (χ4n) is 3.08. The highest BCUT2D eigenvalue weighted by Crippen LogP contribution is 2.22. The van der Waals surface area contributed by atoms with Crippen molar-refractivity contribution >= 4 is 29.5 Å². The van der Waals surface area contributed by atoms with Crippen molar-refractivity contribution in [3.8, 4) is 0 Å². The predicted octanol–water partition coefficient (Wildman–Crippen LogP) is 2.63. The van der Waals surface area contributed by atoms with Gasteiger partial charge in [-0.1, -0.05) is 24.3 Å². The summed E-state index contributed by atoms with van der Waals surface area (Å²) in [6, 6.07) is 14.2. The highest BCUT2D eigenvalue weighted by atomic mass is 32.2. The van der Waals surface area contributed by atoms with Gasteiger partial charge in [0.15, 0.2) is 0 Å². The van der Waals surface area contributed by atoms with Crippen LogP contribution < -0.4 is 5.32 Å². The van der Waals surface area contributed by atoms with Crippen LogP contribution in [-0.2, 0) is 4.79 Å². The second kappa shape index (κ2) is 9.03. The Morgan fingerprint density at radius 2 is 1.68 bits per heavy atom. The number of hydrogen-bond acceptors (Lipinski definition) is 5. The molecule has 2 aromatic rings. The minimum atomic E-state index is -0.781. The molecule has 146 valence electrons. The Hall–Kier alpha value is -2.64. The van der Waals surface area contributed by atoms with E-state index >= 15 is 0 Å². The van der Waals surface area contributed by atoms with Gasteiger partial charge in [-0.05, 0) is 42.5 Å². The van der Waals surface area contributed by atoms with Gasteiger partial charge in [0.1, 0.15) is 0 Å². The number of hydrogen-bond donors (Lipinski definition) is 2. The zero-order valence-corrected chi connectivity index (χ0v) is 16.4. The number of nitrogens with one attached hydrogen (secondary N) is 1. The maximum Gasteiger partial charge on any atom is 0.261 e. The summed E-state index contributed by atoms with van der Waals surface area (Å²) in [5.41, 5.74) is 1.56. The van der Waals surface area contributed by atoms with Gasteiger partial charge in [0.2, 0.25) is 5.91 Å². The molecule has 0 spiro atoms. The van der Waals surface area contributed by atoms with Crippen LogP contribution in [0.5, 0.6) is 0 Å². The van der Waals surface area contributed by atoms with E-state index in [0.717, 1.165) is 10.5 Å². The number of benzene rings is 2. The summed E-state index contributed by atoms with van der Waals surface area (Å²) in [6.45, 7) is 0.308. The van der Waals surface area contributed by atoms with Crippen LogP contribution >= 0.6 is 11.8 Å². The van der Waals surface area contributed by atoms with Crippen LogP contribution in [0.1, 0.15) is 45.2 Å². The minimum absolute atomic E-state index is 0.116. The maximum absolute atomic E-state index is 12.3. The summed E-state index contributed by atoms with van der Waals surface area (Å²) in [4.78, 5) is 38.8. The topological polar surface area (TPSA) is 86.7 Å². The lowest BCUT2D eigenvalue weighted by Crippen LogP contribution is -2.32. The highest BCUT2D eigenvalue weighted by molar-refractivity contribution is 7.98. The molecular weight excluding hydrogens is 376 g/mol. The summed E-state index contributed by atoms with van der Waals surface area (Å²) in [5.74, 6) is -0.855. The molecule has 1 aliphatic heterocycles. The molecule has 1 atom stereocenters. The van der Waals surface area contributed by atoms with E-state index in [2.05, 4.69) is 5.32 Å². The number of carbonyl (C=O) groups is 3. The van der Waals surface area contributed by atoms with Crippen molar-refractivity contribution in [2.24, 2.45) is 0 Å². The van der Waals surface area contributed by atoms with Crippen molar-refractivity contribution in [1.82, 2.24) is 10.2 Å². The molecule has 0 aliphatic carbocycles. The highest BCUT2D eigenvalue weighted by Gasteiger charge is 2.34. The van der Waals surface area contributed by atoms with Gasteiger partial charge >= 0.3 is 0 Å². The smallest absolute Gasteiger partial charge is 0.261 e. The molecule has 6 nitrogen and oxygen atoms in total. The van der Waals surface area contributed by atoms with Crippen molar-refractivity contribution < 1.29 is 19.5 Å². The van der Waals surface area contributed by atoms with Crippen molar-refractivity contribution in [2.45, 2.75) is 23.8 Å². The summed E-state index contributed by atoms with van der Waals surface area (Å²) in [5, 5.41) is 12.9. The summed E-state index contributed by atoms with van der Waals surface area (Å²) in [6.07, 6.45) is 1.74. The monoisotopic (exact) mass is 398 g/mol. The molecule has 0 fully saturated rings. The predicted molar refractivity (Wildman–Crippen MR) is 107 cm³/mol. The van der Waals surface area contributed by atoms with E-state index in [1.54, 1.807) is 36.0 Å². The van der Waals surface area contributed by atoms with Crippen LogP contribution in [0.3, 0.4) is 0 Å². The summed E-state index contributed by atoms with van der Waals surface area (Å²) < 4.78 is 0. The molecule has 1 aliphatic rings. The first kappa shape index (κ1) is 20.1. The summed E-state index contributed by atoms with van der Waals surface area (Å²) in [7, 11) is 0. The number of imide groups is 1. The average molecular weight is 398 g/mol. The first-order valence-electron chi connectivity index (χ1n) is 9.05. The molecule has 0 saturated heterocycles. The SMILES string of the molecule is CSc1ccc(C(O)CNC(=O)CCCN2C(=O)c3ccccc3C2=O)cc1. The summed E-state index contributed by atoms with van der Waals surface area (Å²) >= 11 is 1.62. The van der Waals surface area contributed by atoms with Crippen molar-refractivity contribution in [1.29, 1.82) is 0 Å². The molecular formula is C21H22N2O4S. The van der Waals surface area contributed by atoms with Crippen molar-refractivity contribution in [3.05, 3.63) is 65.2 Å². The first-order valence-corrected chi connectivity index (χ1v) is 10.3. The lowest BCUT2D eigenvalue weighted by atomic mass is 10.1. The van der Waals surface area contributed by atoms with Crippen LogP contribution in [0, 0.1) is 0 Å². The zero-order valence-electron chi connectivity index (χ0n) is 15.6. The molecule has 0 bridgehead atoms. The van der Waals surface area contributed by atoms with E-state index in [-0.39, 0.29) is 37.2 Å². The molecule has 0 saturated carbocycles.